The first kappa shape index (κ1) is 19.8. The third-order valence-electron chi connectivity index (χ3n) is 6.60. The van der Waals surface area contributed by atoms with Crippen molar-refractivity contribution in [1.82, 2.24) is 9.80 Å². The Morgan fingerprint density at radius 1 is 0.742 bits per heavy atom. The van der Waals surface area contributed by atoms with Crippen molar-refractivity contribution in [2.75, 3.05) is 55.6 Å². The van der Waals surface area contributed by atoms with E-state index in [0.717, 1.165) is 13.1 Å². The van der Waals surface area contributed by atoms with Crippen LogP contribution in [-0.2, 0) is 14.4 Å². The van der Waals surface area contributed by atoms with Crippen LogP contribution in [-0.4, -0.2) is 73.3 Å². The fraction of sp³-hybridized carbons (Fsp3) is 0.375. The molecular weight excluding hydrogens is 392 g/mol. The van der Waals surface area contributed by atoms with Gasteiger partial charge in [-0.15, -0.1) is 0 Å². The highest BCUT2D eigenvalue weighted by atomic mass is 16.2. The van der Waals surface area contributed by atoms with Crippen LogP contribution in [0.1, 0.15) is 0 Å². The molecule has 0 radical (unpaired) electrons. The minimum Gasteiger partial charge on any atom is -0.368 e. The molecule has 3 heterocycles. The zero-order valence-corrected chi connectivity index (χ0v) is 17.4. The Labute approximate surface area is 181 Å². The van der Waals surface area contributed by atoms with Crippen LogP contribution in [0.25, 0.3) is 0 Å². The zero-order chi connectivity index (χ0) is 21.4. The van der Waals surface area contributed by atoms with Crippen LogP contribution < -0.4 is 9.80 Å². The number of hydrogen-bond donors (Lipinski definition) is 0. The molecule has 7 nitrogen and oxygen atoms in total. The second-order valence-corrected chi connectivity index (χ2v) is 8.46. The molecule has 0 bridgehead atoms. The van der Waals surface area contributed by atoms with Crippen LogP contribution in [0.2, 0.25) is 0 Å². The smallest absolute Gasteiger partial charge is 0.239 e. The zero-order valence-electron chi connectivity index (χ0n) is 17.4. The second kappa shape index (κ2) is 8.15. The van der Waals surface area contributed by atoms with Crippen molar-refractivity contribution in [1.29, 1.82) is 0 Å². The number of carbonyl (C=O) groups excluding carboxylic acids is 3. The second-order valence-electron chi connectivity index (χ2n) is 8.46. The highest BCUT2D eigenvalue weighted by molar-refractivity contribution is 6.22. The van der Waals surface area contributed by atoms with E-state index in [-0.39, 0.29) is 36.1 Å². The average Bonchev–Trinajstić information content (AvgIpc) is 3.33. The maximum atomic E-state index is 12.9. The summed E-state index contributed by atoms with van der Waals surface area (Å²) in [7, 11) is 0. The average molecular weight is 418 g/mol. The van der Waals surface area contributed by atoms with Gasteiger partial charge >= 0.3 is 0 Å². The fourth-order valence-corrected chi connectivity index (χ4v) is 4.93. The largest absolute Gasteiger partial charge is 0.368 e. The maximum absolute atomic E-state index is 12.9. The van der Waals surface area contributed by atoms with Crippen molar-refractivity contribution >= 4 is 29.1 Å². The Morgan fingerprint density at radius 3 is 1.81 bits per heavy atom. The summed E-state index contributed by atoms with van der Waals surface area (Å²) in [5.41, 5.74) is 1.81. The first-order valence-corrected chi connectivity index (χ1v) is 10.8. The molecule has 0 N–H and O–H groups in total. The number of para-hydroxylation sites is 2. The number of benzene rings is 2. The molecule has 2 aromatic carbocycles. The van der Waals surface area contributed by atoms with Gasteiger partial charge in [0.15, 0.2) is 0 Å². The van der Waals surface area contributed by atoms with Gasteiger partial charge in [0.05, 0.1) is 24.1 Å². The molecule has 0 spiro atoms. The van der Waals surface area contributed by atoms with Gasteiger partial charge in [0.2, 0.25) is 17.7 Å². The molecule has 3 fully saturated rings. The third-order valence-corrected chi connectivity index (χ3v) is 6.60. The van der Waals surface area contributed by atoms with Gasteiger partial charge in [-0.2, -0.15) is 0 Å². The number of nitrogens with zero attached hydrogens (tertiary/aromatic N) is 4. The molecule has 0 aromatic heterocycles. The molecule has 160 valence electrons. The van der Waals surface area contributed by atoms with Crippen LogP contribution in [0, 0.1) is 11.8 Å². The van der Waals surface area contributed by atoms with E-state index in [1.165, 1.54) is 10.6 Å². The van der Waals surface area contributed by atoms with E-state index in [4.69, 9.17) is 0 Å². The van der Waals surface area contributed by atoms with E-state index >= 15 is 0 Å². The lowest BCUT2D eigenvalue weighted by atomic mass is 10.00. The predicted molar refractivity (Wildman–Crippen MR) is 118 cm³/mol. The standard InChI is InChI=1S/C24H26N4O3/c29-22(27-13-11-26(12-14-27)18-7-3-1-4-8-18)17-25-15-20-21(16-25)24(31)28(23(20)30)19-9-5-2-6-10-19/h1-10,20-21H,11-17H2. The van der Waals surface area contributed by atoms with Gasteiger partial charge in [-0.1, -0.05) is 36.4 Å². The van der Waals surface area contributed by atoms with Crippen molar-refractivity contribution < 1.29 is 14.4 Å². The Kier molecular flexibility index (Phi) is 5.19. The molecule has 31 heavy (non-hydrogen) atoms. The summed E-state index contributed by atoms with van der Waals surface area (Å²) in [5.74, 6) is -0.918. The molecule has 3 amide bonds. The third kappa shape index (κ3) is 3.70. The highest BCUT2D eigenvalue weighted by Crippen LogP contribution is 2.36. The van der Waals surface area contributed by atoms with Gasteiger partial charge < -0.3 is 9.80 Å². The van der Waals surface area contributed by atoms with E-state index in [0.29, 0.717) is 31.9 Å². The molecule has 2 atom stereocenters. The molecule has 2 aromatic rings. The molecule has 3 aliphatic rings. The van der Waals surface area contributed by atoms with Gasteiger partial charge in [-0.3, -0.25) is 19.3 Å². The molecule has 0 aliphatic carbocycles. The molecule has 5 rings (SSSR count). The Bertz CT molecular complexity index is 949. The van der Waals surface area contributed by atoms with Crippen LogP contribution in [0.4, 0.5) is 11.4 Å². The summed E-state index contributed by atoms with van der Waals surface area (Å²) in [6.07, 6.45) is 0. The minimum absolute atomic E-state index is 0.0764. The molecule has 2 unspecified atom stereocenters. The Hall–Kier alpha value is -3.19. The number of piperazine rings is 1. The van der Waals surface area contributed by atoms with Gasteiger partial charge in [0, 0.05) is 45.0 Å². The maximum Gasteiger partial charge on any atom is 0.239 e. The lowest BCUT2D eigenvalue weighted by molar-refractivity contribution is -0.133. The van der Waals surface area contributed by atoms with Gasteiger partial charge in [0.25, 0.3) is 0 Å². The van der Waals surface area contributed by atoms with Crippen molar-refractivity contribution in [3.05, 3.63) is 60.7 Å². The number of carbonyl (C=O) groups is 3. The summed E-state index contributed by atoms with van der Waals surface area (Å²) in [6.45, 7) is 4.20. The predicted octanol–water partition coefficient (Wildman–Crippen LogP) is 1.46. The van der Waals surface area contributed by atoms with Crippen molar-refractivity contribution in [2.24, 2.45) is 11.8 Å². The number of anilines is 2. The number of hydrogen-bond acceptors (Lipinski definition) is 5. The van der Waals surface area contributed by atoms with Crippen LogP contribution >= 0.6 is 0 Å². The molecular formula is C24H26N4O3. The van der Waals surface area contributed by atoms with Crippen LogP contribution in [0.15, 0.2) is 60.7 Å². The fourth-order valence-electron chi connectivity index (χ4n) is 4.93. The monoisotopic (exact) mass is 418 g/mol. The number of likely N-dealkylation sites (tertiary alicyclic amines) is 1. The molecule has 3 saturated heterocycles. The van der Waals surface area contributed by atoms with E-state index in [1.54, 1.807) is 12.1 Å². The number of amides is 3. The minimum atomic E-state index is -0.351. The Morgan fingerprint density at radius 2 is 1.26 bits per heavy atom. The SMILES string of the molecule is O=C(CN1CC2C(=O)N(c3ccccc3)C(=O)C2C1)N1CCN(c2ccccc2)CC1. The van der Waals surface area contributed by atoms with E-state index in [1.807, 2.05) is 46.2 Å². The van der Waals surface area contributed by atoms with Gasteiger partial charge in [-0.25, -0.2) is 4.90 Å². The number of fused-ring (bicyclic) bond motifs is 1. The van der Waals surface area contributed by atoms with E-state index in [2.05, 4.69) is 17.0 Å². The normalized spacial score (nSPS) is 24.1. The number of imide groups is 1. The Balaban J connectivity index is 1.16. The lowest BCUT2D eigenvalue weighted by Crippen LogP contribution is -2.51. The lowest BCUT2D eigenvalue weighted by Gasteiger charge is -2.36. The topological polar surface area (TPSA) is 64.2 Å². The molecule has 0 saturated carbocycles. The van der Waals surface area contributed by atoms with Crippen LogP contribution in [0.3, 0.4) is 0 Å². The van der Waals surface area contributed by atoms with E-state index in [9.17, 15) is 14.4 Å². The van der Waals surface area contributed by atoms with Crippen LogP contribution in [0.5, 0.6) is 0 Å². The highest BCUT2D eigenvalue weighted by Gasteiger charge is 2.53. The summed E-state index contributed by atoms with van der Waals surface area (Å²) in [4.78, 5) is 46.1. The first-order valence-electron chi connectivity index (χ1n) is 10.8. The van der Waals surface area contributed by atoms with Crippen molar-refractivity contribution in [3.8, 4) is 0 Å². The van der Waals surface area contributed by atoms with Crippen molar-refractivity contribution in [3.63, 3.8) is 0 Å². The summed E-state index contributed by atoms with van der Waals surface area (Å²) in [6, 6.07) is 19.3. The quantitative estimate of drug-likeness (QED) is 0.704. The summed E-state index contributed by atoms with van der Waals surface area (Å²) >= 11 is 0. The summed E-state index contributed by atoms with van der Waals surface area (Å²) in [5, 5.41) is 0. The van der Waals surface area contributed by atoms with E-state index < -0.39 is 0 Å². The van der Waals surface area contributed by atoms with Gasteiger partial charge in [0.1, 0.15) is 0 Å². The molecule has 3 aliphatic heterocycles. The molecule has 7 heteroatoms. The first-order chi connectivity index (χ1) is 15.1. The number of rotatable bonds is 4. The van der Waals surface area contributed by atoms with Gasteiger partial charge in [-0.05, 0) is 24.3 Å². The summed E-state index contributed by atoms with van der Waals surface area (Å²) < 4.78 is 0. The van der Waals surface area contributed by atoms with Crippen molar-refractivity contribution in [2.45, 2.75) is 0 Å².